The van der Waals surface area contributed by atoms with Crippen LogP contribution in [0.1, 0.15) is 26.9 Å². The van der Waals surface area contributed by atoms with E-state index in [0.717, 1.165) is 22.0 Å². The number of rotatable bonds is 5. The van der Waals surface area contributed by atoms with Crippen molar-refractivity contribution in [1.82, 2.24) is 10.1 Å². The molecule has 0 spiro atoms. The highest BCUT2D eigenvalue weighted by molar-refractivity contribution is 7.11. The Labute approximate surface area is 161 Å². The first kappa shape index (κ1) is 17.4. The highest BCUT2D eigenvalue weighted by Crippen LogP contribution is 2.25. The fraction of sp³-hybridized carbons (Fsp3) is 0.190. The van der Waals surface area contributed by atoms with E-state index < -0.39 is 0 Å². The van der Waals surface area contributed by atoms with Gasteiger partial charge in [-0.2, -0.15) is 0 Å². The molecule has 0 radical (unpaired) electrons. The van der Waals surface area contributed by atoms with Crippen molar-refractivity contribution in [2.75, 3.05) is 5.32 Å². The van der Waals surface area contributed by atoms with Crippen LogP contribution >= 0.6 is 11.3 Å². The van der Waals surface area contributed by atoms with Crippen LogP contribution in [0.25, 0.3) is 10.8 Å². The smallest absolute Gasteiger partial charge is 0.230 e. The third-order valence-corrected chi connectivity index (χ3v) is 5.53. The molecule has 0 aliphatic carbocycles. The monoisotopic (exact) mass is 377 g/mol. The predicted octanol–water partition coefficient (Wildman–Crippen LogP) is 4.67. The molecule has 5 nitrogen and oxygen atoms in total. The van der Waals surface area contributed by atoms with E-state index in [4.69, 9.17) is 4.52 Å². The Bertz CT molecular complexity index is 1110. The number of nitrogens with zero attached hydrogens (tertiary/aromatic N) is 2. The van der Waals surface area contributed by atoms with Crippen molar-refractivity contribution in [3.63, 3.8) is 0 Å². The number of fused-ring (bicyclic) bond motifs is 1. The van der Waals surface area contributed by atoms with Crippen molar-refractivity contribution >= 4 is 33.8 Å². The largest absolute Gasteiger partial charge is 0.360 e. The number of carbonyl (C=O) groups is 1. The van der Waals surface area contributed by atoms with Crippen LogP contribution in [-0.4, -0.2) is 16.0 Å². The summed E-state index contributed by atoms with van der Waals surface area (Å²) in [6.07, 6.45) is 1.04. The molecule has 0 bridgehead atoms. The number of anilines is 1. The Kier molecular flexibility index (Phi) is 4.73. The van der Waals surface area contributed by atoms with Crippen molar-refractivity contribution in [3.05, 3.63) is 75.4 Å². The van der Waals surface area contributed by atoms with Crippen molar-refractivity contribution < 1.29 is 9.32 Å². The van der Waals surface area contributed by atoms with Gasteiger partial charge in [0.1, 0.15) is 5.76 Å². The fourth-order valence-electron chi connectivity index (χ4n) is 3.10. The number of aromatic nitrogens is 2. The van der Waals surface area contributed by atoms with E-state index >= 15 is 0 Å². The lowest BCUT2D eigenvalue weighted by Gasteiger charge is -2.04. The first-order chi connectivity index (χ1) is 13.1. The Morgan fingerprint density at radius 1 is 1.15 bits per heavy atom. The summed E-state index contributed by atoms with van der Waals surface area (Å²) in [5.74, 6) is 0.985. The summed E-state index contributed by atoms with van der Waals surface area (Å²) >= 11 is 1.59. The van der Waals surface area contributed by atoms with Gasteiger partial charge in [-0.3, -0.25) is 4.79 Å². The molecule has 4 aromatic rings. The standard InChI is InChI=1S/C21H19N3O2S/c1-13-10-19(24-26-13)23-20(25)12-18-14(2)22-21(27-18)11-16-8-5-7-15-6-3-4-9-17(15)16/h3-10H,11-12H2,1-2H3,(H,23,24,25). The normalized spacial score (nSPS) is 11.0. The van der Waals surface area contributed by atoms with Gasteiger partial charge in [-0.1, -0.05) is 47.6 Å². The lowest BCUT2D eigenvalue weighted by atomic mass is 10.0. The van der Waals surface area contributed by atoms with Gasteiger partial charge in [-0.05, 0) is 30.2 Å². The van der Waals surface area contributed by atoms with Crippen LogP contribution in [-0.2, 0) is 17.6 Å². The zero-order chi connectivity index (χ0) is 18.8. The number of thiazole rings is 1. The summed E-state index contributed by atoms with van der Waals surface area (Å²) in [5.41, 5.74) is 2.15. The molecule has 2 aromatic heterocycles. The molecule has 6 heteroatoms. The van der Waals surface area contributed by atoms with E-state index in [0.29, 0.717) is 11.6 Å². The molecular formula is C21H19N3O2S. The minimum absolute atomic E-state index is 0.119. The summed E-state index contributed by atoms with van der Waals surface area (Å²) in [4.78, 5) is 17.9. The number of benzene rings is 2. The summed E-state index contributed by atoms with van der Waals surface area (Å²) in [6.45, 7) is 3.74. The van der Waals surface area contributed by atoms with Gasteiger partial charge in [-0.15, -0.1) is 11.3 Å². The molecular weight excluding hydrogens is 358 g/mol. The number of aryl methyl sites for hydroxylation is 2. The van der Waals surface area contributed by atoms with E-state index in [9.17, 15) is 4.79 Å². The van der Waals surface area contributed by atoms with Crippen LogP contribution in [0.5, 0.6) is 0 Å². The van der Waals surface area contributed by atoms with Crippen molar-refractivity contribution in [2.45, 2.75) is 26.7 Å². The van der Waals surface area contributed by atoms with Crippen LogP contribution in [0, 0.1) is 13.8 Å². The second kappa shape index (κ2) is 7.32. The van der Waals surface area contributed by atoms with Gasteiger partial charge in [0.05, 0.1) is 17.1 Å². The number of carbonyl (C=O) groups excluding carboxylic acids is 1. The molecule has 0 saturated heterocycles. The molecule has 4 rings (SSSR count). The highest BCUT2D eigenvalue weighted by atomic mass is 32.1. The SMILES string of the molecule is Cc1cc(NC(=O)Cc2sc(Cc3cccc4ccccc34)nc2C)no1. The van der Waals surface area contributed by atoms with E-state index in [2.05, 4.69) is 51.9 Å². The lowest BCUT2D eigenvalue weighted by molar-refractivity contribution is -0.115. The van der Waals surface area contributed by atoms with E-state index in [-0.39, 0.29) is 12.3 Å². The van der Waals surface area contributed by atoms with Gasteiger partial charge in [0.25, 0.3) is 0 Å². The van der Waals surface area contributed by atoms with Crippen LogP contribution in [0.3, 0.4) is 0 Å². The highest BCUT2D eigenvalue weighted by Gasteiger charge is 2.14. The number of hydrogen-bond donors (Lipinski definition) is 1. The predicted molar refractivity (Wildman–Crippen MR) is 107 cm³/mol. The number of nitrogens with one attached hydrogen (secondary N) is 1. The van der Waals surface area contributed by atoms with Crippen LogP contribution in [0.2, 0.25) is 0 Å². The molecule has 0 aliphatic rings. The lowest BCUT2D eigenvalue weighted by Crippen LogP contribution is -2.14. The average molecular weight is 377 g/mol. The first-order valence-electron chi connectivity index (χ1n) is 8.73. The van der Waals surface area contributed by atoms with Gasteiger partial charge in [0.2, 0.25) is 5.91 Å². The van der Waals surface area contributed by atoms with Gasteiger partial charge in [-0.25, -0.2) is 4.98 Å². The molecule has 0 atom stereocenters. The summed E-state index contributed by atoms with van der Waals surface area (Å²) < 4.78 is 4.97. The fourth-order valence-corrected chi connectivity index (χ4v) is 4.19. The Morgan fingerprint density at radius 2 is 1.96 bits per heavy atom. The van der Waals surface area contributed by atoms with Crippen LogP contribution < -0.4 is 5.32 Å². The van der Waals surface area contributed by atoms with Crippen molar-refractivity contribution in [1.29, 1.82) is 0 Å². The van der Waals surface area contributed by atoms with Crippen molar-refractivity contribution in [2.24, 2.45) is 0 Å². The second-order valence-electron chi connectivity index (χ2n) is 6.48. The maximum atomic E-state index is 12.3. The third-order valence-electron chi connectivity index (χ3n) is 4.38. The van der Waals surface area contributed by atoms with Gasteiger partial charge >= 0.3 is 0 Å². The molecule has 136 valence electrons. The molecule has 2 heterocycles. The Hall–Kier alpha value is -2.99. The molecule has 2 aromatic carbocycles. The quantitative estimate of drug-likeness (QED) is 0.549. The number of amides is 1. The zero-order valence-corrected chi connectivity index (χ0v) is 16.0. The average Bonchev–Trinajstić information content (AvgIpc) is 3.20. The summed E-state index contributed by atoms with van der Waals surface area (Å²) in [7, 11) is 0. The minimum Gasteiger partial charge on any atom is -0.360 e. The second-order valence-corrected chi connectivity index (χ2v) is 7.65. The maximum absolute atomic E-state index is 12.3. The van der Waals surface area contributed by atoms with E-state index in [1.54, 1.807) is 24.3 Å². The van der Waals surface area contributed by atoms with E-state index in [1.165, 1.54) is 16.3 Å². The molecule has 1 amide bonds. The number of hydrogen-bond acceptors (Lipinski definition) is 5. The molecule has 0 fully saturated rings. The van der Waals surface area contributed by atoms with Crippen LogP contribution in [0.15, 0.2) is 53.1 Å². The molecule has 0 saturated carbocycles. The van der Waals surface area contributed by atoms with E-state index in [1.807, 2.05) is 13.0 Å². The molecule has 27 heavy (non-hydrogen) atoms. The summed E-state index contributed by atoms with van der Waals surface area (Å²) in [6, 6.07) is 16.4. The van der Waals surface area contributed by atoms with Gasteiger partial charge < -0.3 is 9.84 Å². The zero-order valence-electron chi connectivity index (χ0n) is 15.2. The Balaban J connectivity index is 1.50. The third kappa shape index (κ3) is 3.90. The van der Waals surface area contributed by atoms with Crippen molar-refractivity contribution in [3.8, 4) is 0 Å². The minimum atomic E-state index is -0.119. The molecule has 0 aliphatic heterocycles. The Morgan fingerprint density at radius 3 is 2.78 bits per heavy atom. The first-order valence-corrected chi connectivity index (χ1v) is 9.55. The van der Waals surface area contributed by atoms with Gasteiger partial charge in [0.15, 0.2) is 5.82 Å². The molecule has 0 unspecified atom stereocenters. The summed E-state index contributed by atoms with van der Waals surface area (Å²) in [5, 5.41) is 10.0. The van der Waals surface area contributed by atoms with Crippen LogP contribution in [0.4, 0.5) is 5.82 Å². The molecule has 1 N–H and O–H groups in total. The van der Waals surface area contributed by atoms with Gasteiger partial charge in [0, 0.05) is 17.4 Å². The topological polar surface area (TPSA) is 68.0 Å². The maximum Gasteiger partial charge on any atom is 0.230 e.